The Morgan fingerprint density at radius 3 is 2.04 bits per heavy atom. The van der Waals surface area contributed by atoms with Crippen molar-refractivity contribution in [2.24, 2.45) is 10.8 Å². The predicted molar refractivity (Wildman–Crippen MR) is 97.7 cm³/mol. The van der Waals surface area contributed by atoms with Crippen molar-refractivity contribution in [3.05, 3.63) is 42.5 Å². The summed E-state index contributed by atoms with van der Waals surface area (Å²) in [4.78, 5) is 3.34. The second kappa shape index (κ2) is 6.11. The van der Waals surface area contributed by atoms with Crippen LogP contribution in [0.1, 0.15) is 38.4 Å². The van der Waals surface area contributed by atoms with E-state index in [1.165, 1.54) is 5.56 Å². The number of quaternary nitrogens is 2. The van der Waals surface area contributed by atoms with Crippen LogP contribution in [0.4, 0.5) is 0 Å². The molecule has 4 nitrogen and oxygen atoms in total. The maximum Gasteiger partial charge on any atom is 0.240 e. The van der Waals surface area contributed by atoms with E-state index in [1.54, 1.807) is 15.9 Å². The first-order valence-electron chi connectivity index (χ1n) is 9.78. The summed E-state index contributed by atoms with van der Waals surface area (Å²) in [5.74, 6) is 0.910. The summed E-state index contributed by atoms with van der Waals surface area (Å²) in [6.07, 6.45) is 4.32. The van der Waals surface area contributed by atoms with Gasteiger partial charge in [-0.25, -0.2) is 0 Å². The minimum atomic E-state index is -0.127. The van der Waals surface area contributed by atoms with E-state index < -0.39 is 0 Å². The third-order valence-electron chi connectivity index (χ3n) is 7.28. The van der Waals surface area contributed by atoms with E-state index in [2.05, 4.69) is 44.7 Å². The normalized spacial score (nSPS) is 41.7. The van der Waals surface area contributed by atoms with E-state index in [0.717, 1.165) is 44.8 Å². The molecule has 4 heterocycles. The summed E-state index contributed by atoms with van der Waals surface area (Å²) < 4.78 is 5.63. The van der Waals surface area contributed by atoms with Crippen LogP contribution in [0, 0.1) is 10.8 Å². The monoisotopic (exact) mass is 344 g/mol. The fourth-order valence-electron chi connectivity index (χ4n) is 6.06. The van der Waals surface area contributed by atoms with Crippen LogP contribution in [0.2, 0.25) is 0 Å². The summed E-state index contributed by atoms with van der Waals surface area (Å²) in [6, 6.07) is 8.65. The molecule has 5 rings (SSSR count). The molecule has 0 unspecified atom stereocenters. The van der Waals surface area contributed by atoms with Crippen molar-refractivity contribution >= 4 is 0 Å². The fourth-order valence-corrected chi connectivity index (χ4v) is 6.06. The lowest BCUT2D eigenvalue weighted by atomic mass is 9.57. The number of rotatable bonds is 6. The molecule has 4 aliphatic heterocycles. The molecular weight excluding hydrogens is 312 g/mol. The summed E-state index contributed by atoms with van der Waals surface area (Å²) in [5.41, 5.74) is 1.63. The lowest BCUT2D eigenvalue weighted by Crippen LogP contribution is -3.41. The number of aliphatic hydroxyl groups is 1. The van der Waals surface area contributed by atoms with Crippen molar-refractivity contribution in [3.63, 3.8) is 0 Å². The Bertz CT molecular complexity index is 602. The van der Waals surface area contributed by atoms with Gasteiger partial charge < -0.3 is 9.84 Å². The van der Waals surface area contributed by atoms with E-state index in [-0.39, 0.29) is 16.9 Å². The Morgan fingerprint density at radius 2 is 1.60 bits per heavy atom. The van der Waals surface area contributed by atoms with Gasteiger partial charge in [-0.05, 0) is 37.1 Å². The quantitative estimate of drug-likeness (QED) is 0.646. The first kappa shape index (κ1) is 17.1. The van der Waals surface area contributed by atoms with E-state index >= 15 is 0 Å². The molecule has 1 aromatic rings. The van der Waals surface area contributed by atoms with E-state index in [4.69, 9.17) is 4.74 Å². The fraction of sp³-hybridized carbons (Fsp3) is 0.619. The molecule has 0 saturated carbocycles. The van der Waals surface area contributed by atoms with Crippen molar-refractivity contribution in [1.82, 2.24) is 0 Å². The maximum atomic E-state index is 11.2. The van der Waals surface area contributed by atoms with Gasteiger partial charge in [-0.1, -0.05) is 26.5 Å². The second-order valence-corrected chi connectivity index (χ2v) is 8.46. The van der Waals surface area contributed by atoms with Gasteiger partial charge in [0.2, 0.25) is 6.17 Å². The van der Waals surface area contributed by atoms with Crippen molar-refractivity contribution in [3.8, 4) is 5.75 Å². The van der Waals surface area contributed by atoms with Crippen molar-refractivity contribution in [2.45, 2.75) is 39.0 Å². The van der Waals surface area contributed by atoms with Crippen LogP contribution in [0.25, 0.3) is 0 Å². The van der Waals surface area contributed by atoms with Crippen molar-refractivity contribution < 1.29 is 19.6 Å². The highest BCUT2D eigenvalue weighted by Crippen LogP contribution is 2.44. The zero-order chi connectivity index (χ0) is 17.7. The Kier molecular flexibility index (Phi) is 4.18. The number of nitrogens with one attached hydrogen (secondary N) is 2. The molecule has 0 spiro atoms. The van der Waals surface area contributed by atoms with Gasteiger partial charge in [-0.15, -0.1) is 0 Å². The summed E-state index contributed by atoms with van der Waals surface area (Å²) >= 11 is 0. The smallest absolute Gasteiger partial charge is 0.240 e. The van der Waals surface area contributed by atoms with Crippen LogP contribution in [-0.4, -0.2) is 44.0 Å². The molecule has 0 amide bonds. The largest absolute Gasteiger partial charge is 0.490 e. The Balaban J connectivity index is 1.61. The zero-order valence-corrected chi connectivity index (χ0v) is 15.6. The first-order chi connectivity index (χ1) is 12.1. The third kappa shape index (κ3) is 2.46. The number of hydrogen-bond donors (Lipinski definition) is 3. The predicted octanol–water partition coefficient (Wildman–Crippen LogP) is 0.214. The molecule has 136 valence electrons. The third-order valence-corrected chi connectivity index (χ3v) is 7.28. The van der Waals surface area contributed by atoms with Crippen LogP contribution in [0.5, 0.6) is 5.75 Å². The Labute approximate surface area is 151 Å². The van der Waals surface area contributed by atoms with Crippen molar-refractivity contribution in [1.29, 1.82) is 0 Å². The minimum absolute atomic E-state index is 0.112. The van der Waals surface area contributed by atoms with Gasteiger partial charge >= 0.3 is 0 Å². The minimum Gasteiger partial charge on any atom is -0.490 e. The van der Waals surface area contributed by atoms with E-state index in [9.17, 15) is 5.11 Å². The number of benzene rings is 1. The average Bonchev–Trinajstić information content (AvgIpc) is 2.64. The number of piperidine rings is 2. The molecule has 1 aromatic carbocycles. The molecule has 3 N–H and O–H groups in total. The number of hydrogen-bond acceptors (Lipinski definition) is 2. The van der Waals surface area contributed by atoms with E-state index in [0.29, 0.717) is 12.8 Å². The van der Waals surface area contributed by atoms with Gasteiger partial charge in [0, 0.05) is 0 Å². The highest BCUT2D eigenvalue weighted by atomic mass is 16.5. The summed E-state index contributed by atoms with van der Waals surface area (Å²) in [5, 5.41) is 11.2. The molecule has 4 bridgehead atoms. The van der Waals surface area contributed by atoms with Gasteiger partial charge in [0.1, 0.15) is 12.4 Å². The lowest BCUT2D eigenvalue weighted by Gasteiger charge is -2.64. The second-order valence-electron chi connectivity index (χ2n) is 8.46. The Morgan fingerprint density at radius 1 is 1.08 bits per heavy atom. The van der Waals surface area contributed by atoms with Crippen LogP contribution in [0.3, 0.4) is 0 Å². The standard InChI is InChI=1S/C21H30N2O2/c1-4-11-25-17-9-7-16(8-10-17)18-22-12-20(5-2)13-23(18)15-21(6-3,14-22)19(20)24/h4,7-10,18-19,24H,1,5-6,11-15H2,2-3H3/p+2. The van der Waals surface area contributed by atoms with Gasteiger partial charge in [0.05, 0.1) is 48.7 Å². The molecule has 4 saturated heterocycles. The summed E-state index contributed by atoms with van der Waals surface area (Å²) in [7, 11) is 0. The molecule has 25 heavy (non-hydrogen) atoms. The lowest BCUT2D eigenvalue weighted by molar-refractivity contribution is -1.19. The first-order valence-corrected chi connectivity index (χ1v) is 9.78. The molecule has 0 aliphatic carbocycles. The van der Waals surface area contributed by atoms with Gasteiger partial charge in [-0.3, -0.25) is 9.80 Å². The molecule has 4 aliphatic rings. The molecule has 0 radical (unpaired) electrons. The summed E-state index contributed by atoms with van der Waals surface area (Å²) in [6.45, 7) is 13.2. The van der Waals surface area contributed by atoms with E-state index in [1.807, 2.05) is 0 Å². The van der Waals surface area contributed by atoms with Crippen molar-refractivity contribution in [2.75, 3.05) is 32.8 Å². The molecule has 0 aromatic heterocycles. The highest BCUT2D eigenvalue weighted by Gasteiger charge is 2.69. The molecular formula is C21H32N2O2+2. The van der Waals surface area contributed by atoms with Crippen LogP contribution in [0.15, 0.2) is 36.9 Å². The average molecular weight is 344 g/mol. The van der Waals surface area contributed by atoms with Crippen LogP contribution in [-0.2, 0) is 0 Å². The molecule has 4 heteroatoms. The van der Waals surface area contributed by atoms with Crippen LogP contribution < -0.4 is 14.5 Å². The topological polar surface area (TPSA) is 38.3 Å². The van der Waals surface area contributed by atoms with Crippen LogP contribution >= 0.6 is 0 Å². The zero-order valence-electron chi connectivity index (χ0n) is 15.6. The van der Waals surface area contributed by atoms with Gasteiger partial charge in [0.15, 0.2) is 0 Å². The molecule has 0 atom stereocenters. The highest BCUT2D eigenvalue weighted by molar-refractivity contribution is 5.28. The molecule has 4 fully saturated rings. The maximum absolute atomic E-state index is 11.2. The van der Waals surface area contributed by atoms with Gasteiger partial charge in [0.25, 0.3) is 0 Å². The number of ether oxygens (including phenoxy) is 1. The van der Waals surface area contributed by atoms with Gasteiger partial charge in [-0.2, -0.15) is 0 Å². The number of aliphatic hydroxyl groups excluding tert-OH is 1. The Hall–Kier alpha value is -1.36. The SMILES string of the molecule is C=CCOc1ccc(C2[NH+]3CC4(CC)C[NH+]2CC(CC)(C3)C4O)cc1.